The van der Waals surface area contributed by atoms with Gasteiger partial charge in [0.25, 0.3) is 0 Å². The van der Waals surface area contributed by atoms with Crippen LogP contribution >= 0.6 is 0 Å². The van der Waals surface area contributed by atoms with Crippen LogP contribution in [-0.4, -0.2) is 12.1 Å². The number of amides is 2. The van der Waals surface area contributed by atoms with Crippen LogP contribution < -0.4 is 10.6 Å². The van der Waals surface area contributed by atoms with Gasteiger partial charge in [-0.05, 0) is 49.9 Å². The number of hydrogen-bond acceptors (Lipinski definition) is 1. The Morgan fingerprint density at radius 1 is 1.38 bits per heavy atom. The number of halogens is 1. The average Bonchev–Trinajstić information content (AvgIpc) is 3.04. The molecular formula is C12H15FN2O. The number of rotatable bonds is 3. The molecule has 0 spiro atoms. The number of urea groups is 1. The number of benzene rings is 1. The highest BCUT2D eigenvalue weighted by Crippen LogP contribution is 2.32. The van der Waals surface area contributed by atoms with Crippen molar-refractivity contribution < 1.29 is 9.18 Å². The fraction of sp³-hybridized carbons (Fsp3) is 0.417. The third kappa shape index (κ3) is 2.95. The zero-order valence-electron chi connectivity index (χ0n) is 9.16. The molecule has 1 atom stereocenters. The van der Waals surface area contributed by atoms with Crippen LogP contribution in [0.3, 0.4) is 0 Å². The van der Waals surface area contributed by atoms with E-state index >= 15 is 0 Å². The Morgan fingerprint density at radius 3 is 2.56 bits per heavy atom. The van der Waals surface area contributed by atoms with Crippen LogP contribution in [0.15, 0.2) is 24.3 Å². The first-order valence-corrected chi connectivity index (χ1v) is 5.48. The lowest BCUT2D eigenvalue weighted by molar-refractivity contribution is 0.248. The van der Waals surface area contributed by atoms with Crippen molar-refractivity contribution in [2.75, 3.05) is 5.32 Å². The van der Waals surface area contributed by atoms with Gasteiger partial charge >= 0.3 is 6.03 Å². The van der Waals surface area contributed by atoms with E-state index in [2.05, 4.69) is 10.6 Å². The third-order valence-corrected chi connectivity index (χ3v) is 2.79. The van der Waals surface area contributed by atoms with E-state index in [9.17, 15) is 9.18 Å². The summed E-state index contributed by atoms with van der Waals surface area (Å²) in [5.74, 6) is 0.316. The molecule has 1 aromatic carbocycles. The average molecular weight is 222 g/mol. The number of carbonyl (C=O) groups is 1. The first-order valence-electron chi connectivity index (χ1n) is 5.48. The highest BCUT2D eigenvalue weighted by atomic mass is 19.1. The molecule has 1 aliphatic rings. The number of carbonyl (C=O) groups excluding carboxylic acids is 1. The van der Waals surface area contributed by atoms with Crippen LogP contribution in [0.1, 0.15) is 19.8 Å². The molecule has 0 radical (unpaired) electrons. The van der Waals surface area contributed by atoms with Crippen molar-refractivity contribution in [1.29, 1.82) is 0 Å². The zero-order valence-corrected chi connectivity index (χ0v) is 9.16. The molecule has 3 nitrogen and oxygen atoms in total. The lowest BCUT2D eigenvalue weighted by atomic mass is 10.2. The van der Waals surface area contributed by atoms with Gasteiger partial charge in [-0.2, -0.15) is 0 Å². The number of anilines is 1. The van der Waals surface area contributed by atoms with E-state index in [0.717, 1.165) is 0 Å². The van der Waals surface area contributed by atoms with Crippen LogP contribution in [0.25, 0.3) is 0 Å². The molecule has 1 aliphatic carbocycles. The summed E-state index contributed by atoms with van der Waals surface area (Å²) in [6.45, 7) is 2.00. The minimum absolute atomic E-state index is 0.209. The topological polar surface area (TPSA) is 41.1 Å². The van der Waals surface area contributed by atoms with Gasteiger partial charge in [0.15, 0.2) is 0 Å². The second kappa shape index (κ2) is 4.51. The van der Waals surface area contributed by atoms with Gasteiger partial charge < -0.3 is 10.6 Å². The maximum Gasteiger partial charge on any atom is 0.319 e. The minimum atomic E-state index is -0.308. The standard InChI is InChI=1S/C12H15FN2O/c1-8(9-2-3-9)14-12(16)15-11-6-4-10(13)5-7-11/h4-9H,2-3H2,1H3,(H2,14,15,16). The second-order valence-corrected chi connectivity index (χ2v) is 4.23. The first kappa shape index (κ1) is 10.9. The SMILES string of the molecule is CC(NC(=O)Nc1ccc(F)cc1)C1CC1. The molecule has 0 aliphatic heterocycles. The van der Waals surface area contributed by atoms with E-state index in [4.69, 9.17) is 0 Å². The molecule has 0 heterocycles. The Hall–Kier alpha value is -1.58. The summed E-state index contributed by atoms with van der Waals surface area (Å²) >= 11 is 0. The van der Waals surface area contributed by atoms with Crippen LogP contribution in [0, 0.1) is 11.7 Å². The van der Waals surface area contributed by atoms with Crippen molar-refractivity contribution in [3.63, 3.8) is 0 Å². The van der Waals surface area contributed by atoms with Crippen molar-refractivity contribution in [1.82, 2.24) is 5.32 Å². The minimum Gasteiger partial charge on any atom is -0.335 e. The molecule has 2 rings (SSSR count). The van der Waals surface area contributed by atoms with Crippen LogP contribution in [0.4, 0.5) is 14.9 Å². The zero-order chi connectivity index (χ0) is 11.5. The molecule has 1 fully saturated rings. The fourth-order valence-electron chi connectivity index (χ4n) is 1.62. The molecule has 2 amide bonds. The lowest BCUT2D eigenvalue weighted by Gasteiger charge is -2.13. The highest BCUT2D eigenvalue weighted by Gasteiger charge is 2.28. The monoisotopic (exact) mass is 222 g/mol. The maximum absolute atomic E-state index is 12.6. The Balaban J connectivity index is 1.84. The summed E-state index contributed by atoms with van der Waals surface area (Å²) in [6.07, 6.45) is 2.38. The molecule has 86 valence electrons. The van der Waals surface area contributed by atoms with E-state index in [1.165, 1.54) is 37.1 Å². The van der Waals surface area contributed by atoms with Gasteiger partial charge in [-0.1, -0.05) is 0 Å². The molecule has 0 bridgehead atoms. The van der Waals surface area contributed by atoms with E-state index in [-0.39, 0.29) is 17.9 Å². The van der Waals surface area contributed by atoms with Gasteiger partial charge in [0.1, 0.15) is 5.82 Å². The molecule has 16 heavy (non-hydrogen) atoms. The van der Waals surface area contributed by atoms with Crippen LogP contribution in [0.5, 0.6) is 0 Å². The molecule has 2 N–H and O–H groups in total. The molecular weight excluding hydrogens is 207 g/mol. The van der Waals surface area contributed by atoms with Crippen LogP contribution in [-0.2, 0) is 0 Å². The summed E-state index contributed by atoms with van der Waals surface area (Å²) in [5, 5.41) is 5.53. The molecule has 0 aromatic heterocycles. The molecule has 1 aromatic rings. The quantitative estimate of drug-likeness (QED) is 0.811. The lowest BCUT2D eigenvalue weighted by Crippen LogP contribution is -2.37. The van der Waals surface area contributed by atoms with E-state index in [0.29, 0.717) is 11.6 Å². The predicted octanol–water partition coefficient (Wildman–Crippen LogP) is 2.75. The normalized spacial score (nSPS) is 16.6. The number of nitrogens with one attached hydrogen (secondary N) is 2. The summed E-state index contributed by atoms with van der Waals surface area (Å²) in [7, 11) is 0. The molecule has 1 unspecified atom stereocenters. The van der Waals surface area contributed by atoms with E-state index in [1.807, 2.05) is 6.92 Å². The van der Waals surface area contributed by atoms with Gasteiger partial charge in [0, 0.05) is 11.7 Å². The van der Waals surface area contributed by atoms with Gasteiger partial charge in [0.05, 0.1) is 0 Å². The summed E-state index contributed by atoms with van der Waals surface area (Å²) in [4.78, 5) is 11.5. The predicted molar refractivity (Wildman–Crippen MR) is 60.7 cm³/mol. The third-order valence-electron chi connectivity index (χ3n) is 2.79. The Labute approximate surface area is 94.0 Å². The summed E-state index contributed by atoms with van der Waals surface area (Å²) < 4.78 is 12.6. The summed E-state index contributed by atoms with van der Waals surface area (Å²) in [5.41, 5.74) is 0.599. The number of hydrogen-bond donors (Lipinski definition) is 2. The molecule has 0 saturated heterocycles. The smallest absolute Gasteiger partial charge is 0.319 e. The molecule has 4 heteroatoms. The van der Waals surface area contributed by atoms with Crippen LogP contribution in [0.2, 0.25) is 0 Å². The largest absolute Gasteiger partial charge is 0.335 e. The Bertz CT molecular complexity index is 373. The first-order chi connectivity index (χ1) is 7.65. The van der Waals surface area contributed by atoms with E-state index < -0.39 is 0 Å². The van der Waals surface area contributed by atoms with Crippen molar-refractivity contribution in [3.8, 4) is 0 Å². The van der Waals surface area contributed by atoms with Gasteiger partial charge in [-0.25, -0.2) is 9.18 Å². The van der Waals surface area contributed by atoms with Crippen molar-refractivity contribution in [2.45, 2.75) is 25.8 Å². The van der Waals surface area contributed by atoms with Gasteiger partial charge in [0.2, 0.25) is 0 Å². The highest BCUT2D eigenvalue weighted by molar-refractivity contribution is 5.89. The van der Waals surface area contributed by atoms with Crippen molar-refractivity contribution in [3.05, 3.63) is 30.1 Å². The fourth-order valence-corrected chi connectivity index (χ4v) is 1.62. The second-order valence-electron chi connectivity index (χ2n) is 4.23. The van der Waals surface area contributed by atoms with Gasteiger partial charge in [-0.15, -0.1) is 0 Å². The Kier molecular flexibility index (Phi) is 3.08. The Morgan fingerprint density at radius 2 is 2.00 bits per heavy atom. The molecule has 1 saturated carbocycles. The van der Waals surface area contributed by atoms with Crippen molar-refractivity contribution in [2.24, 2.45) is 5.92 Å². The van der Waals surface area contributed by atoms with E-state index in [1.54, 1.807) is 0 Å². The van der Waals surface area contributed by atoms with Crippen molar-refractivity contribution >= 4 is 11.7 Å². The van der Waals surface area contributed by atoms with Gasteiger partial charge in [-0.3, -0.25) is 0 Å². The summed E-state index contributed by atoms with van der Waals surface area (Å²) in [6, 6.07) is 5.69. The maximum atomic E-state index is 12.6.